The molecule has 0 aliphatic carbocycles. The van der Waals surface area contributed by atoms with E-state index in [4.69, 9.17) is 0 Å². The average molecular weight is 286 g/mol. The van der Waals surface area contributed by atoms with E-state index in [1.165, 1.54) is 12.1 Å². The van der Waals surface area contributed by atoms with Crippen LogP contribution < -0.4 is 0 Å². The Bertz CT molecular complexity index is 602. The van der Waals surface area contributed by atoms with Crippen molar-refractivity contribution >= 4 is 5.97 Å². The number of phenolic OH excluding ortho intramolecular Hbond substituents is 2. The number of rotatable bonds is 5. The Morgan fingerprint density at radius 3 is 1.76 bits per heavy atom. The molecule has 4 nitrogen and oxygen atoms in total. The Morgan fingerprint density at radius 2 is 1.33 bits per heavy atom. The molecule has 3 N–H and O–H groups in total. The monoisotopic (exact) mass is 286 g/mol. The van der Waals surface area contributed by atoms with Crippen LogP contribution in [0.5, 0.6) is 11.5 Å². The number of carboxylic acids is 1. The molecule has 110 valence electrons. The lowest BCUT2D eigenvalue weighted by Gasteiger charge is -2.18. The highest BCUT2D eigenvalue weighted by Crippen LogP contribution is 2.31. The summed E-state index contributed by atoms with van der Waals surface area (Å²) >= 11 is 0. The third-order valence-corrected chi connectivity index (χ3v) is 3.64. The number of phenols is 2. The van der Waals surface area contributed by atoms with Crippen molar-refractivity contribution in [3.05, 3.63) is 59.7 Å². The molecule has 0 heterocycles. The molecule has 0 saturated carbocycles. The maximum Gasteiger partial charge on any atom is 0.310 e. The van der Waals surface area contributed by atoms with Gasteiger partial charge in [0.05, 0.1) is 5.92 Å². The average Bonchev–Trinajstić information content (AvgIpc) is 2.46. The predicted molar refractivity (Wildman–Crippen MR) is 79.6 cm³/mol. The van der Waals surface area contributed by atoms with E-state index in [1.807, 2.05) is 6.92 Å². The molecule has 0 amide bonds. The molecule has 0 aliphatic heterocycles. The fourth-order valence-corrected chi connectivity index (χ4v) is 2.38. The summed E-state index contributed by atoms with van der Waals surface area (Å²) in [7, 11) is 0. The molecule has 0 aromatic heterocycles. The Hall–Kier alpha value is -2.49. The standard InChI is InChI=1S/C17H18O4/c1-11(12-2-6-14(18)7-3-12)10-16(17(20)21)13-4-8-15(19)9-5-13/h2-9,11,16,18-19H,10H2,1H3,(H,20,21). The van der Waals surface area contributed by atoms with Crippen molar-refractivity contribution in [2.45, 2.75) is 25.2 Å². The van der Waals surface area contributed by atoms with Gasteiger partial charge in [0.15, 0.2) is 0 Å². The number of benzene rings is 2. The molecule has 0 radical (unpaired) electrons. The van der Waals surface area contributed by atoms with Crippen LogP contribution in [0.25, 0.3) is 0 Å². The van der Waals surface area contributed by atoms with Crippen LogP contribution in [0.15, 0.2) is 48.5 Å². The summed E-state index contributed by atoms with van der Waals surface area (Å²) in [5.41, 5.74) is 1.66. The third-order valence-electron chi connectivity index (χ3n) is 3.64. The van der Waals surface area contributed by atoms with Gasteiger partial charge >= 0.3 is 5.97 Å². The highest BCUT2D eigenvalue weighted by molar-refractivity contribution is 5.76. The van der Waals surface area contributed by atoms with E-state index in [1.54, 1.807) is 36.4 Å². The summed E-state index contributed by atoms with van der Waals surface area (Å²) in [5, 5.41) is 28.0. The van der Waals surface area contributed by atoms with Gasteiger partial charge in [-0.2, -0.15) is 0 Å². The summed E-state index contributed by atoms with van der Waals surface area (Å²) in [6.07, 6.45) is 0.449. The van der Waals surface area contributed by atoms with Crippen molar-refractivity contribution in [2.24, 2.45) is 0 Å². The number of hydrogen-bond acceptors (Lipinski definition) is 3. The predicted octanol–water partition coefficient (Wildman–Crippen LogP) is 3.46. The van der Waals surface area contributed by atoms with Crippen molar-refractivity contribution in [1.82, 2.24) is 0 Å². The molecule has 21 heavy (non-hydrogen) atoms. The molecule has 0 bridgehead atoms. The number of hydrogen-bond donors (Lipinski definition) is 3. The second kappa shape index (κ2) is 6.31. The number of aromatic hydroxyl groups is 2. The first-order chi connectivity index (χ1) is 9.97. The van der Waals surface area contributed by atoms with Crippen molar-refractivity contribution < 1.29 is 20.1 Å². The maximum atomic E-state index is 11.5. The van der Waals surface area contributed by atoms with Crippen LogP contribution in [0, 0.1) is 0 Å². The molecule has 2 aromatic rings. The molecule has 0 spiro atoms. The highest BCUT2D eigenvalue weighted by atomic mass is 16.4. The van der Waals surface area contributed by atoms with E-state index in [2.05, 4.69) is 0 Å². The molecule has 2 atom stereocenters. The van der Waals surface area contributed by atoms with E-state index in [0.29, 0.717) is 12.0 Å². The van der Waals surface area contributed by atoms with Gasteiger partial charge in [0.2, 0.25) is 0 Å². The number of aliphatic carboxylic acids is 1. The van der Waals surface area contributed by atoms with Gasteiger partial charge in [-0.25, -0.2) is 0 Å². The van der Waals surface area contributed by atoms with Gasteiger partial charge in [0.1, 0.15) is 11.5 Å². The summed E-state index contributed by atoms with van der Waals surface area (Å²) in [6.45, 7) is 1.96. The van der Waals surface area contributed by atoms with E-state index in [9.17, 15) is 20.1 Å². The maximum absolute atomic E-state index is 11.5. The van der Waals surface area contributed by atoms with Gasteiger partial charge < -0.3 is 15.3 Å². The van der Waals surface area contributed by atoms with Crippen LogP contribution in [0.3, 0.4) is 0 Å². The van der Waals surface area contributed by atoms with Gasteiger partial charge in [-0.15, -0.1) is 0 Å². The van der Waals surface area contributed by atoms with Crippen LogP contribution in [0.1, 0.15) is 36.3 Å². The quantitative estimate of drug-likeness (QED) is 0.786. The normalized spacial score (nSPS) is 13.6. The lowest BCUT2D eigenvalue weighted by Crippen LogP contribution is -2.14. The van der Waals surface area contributed by atoms with Gasteiger partial charge in [0, 0.05) is 0 Å². The van der Waals surface area contributed by atoms with Crippen molar-refractivity contribution in [2.75, 3.05) is 0 Å². The van der Waals surface area contributed by atoms with E-state index < -0.39 is 11.9 Å². The first kappa shape index (κ1) is 14.9. The van der Waals surface area contributed by atoms with Crippen LogP contribution in [-0.4, -0.2) is 21.3 Å². The van der Waals surface area contributed by atoms with Crippen LogP contribution in [0.4, 0.5) is 0 Å². The Balaban J connectivity index is 2.18. The molecule has 4 heteroatoms. The molecular weight excluding hydrogens is 268 g/mol. The molecule has 2 aromatic carbocycles. The highest BCUT2D eigenvalue weighted by Gasteiger charge is 2.23. The van der Waals surface area contributed by atoms with E-state index >= 15 is 0 Å². The minimum Gasteiger partial charge on any atom is -0.508 e. The van der Waals surface area contributed by atoms with Crippen molar-refractivity contribution in [3.63, 3.8) is 0 Å². The lowest BCUT2D eigenvalue weighted by molar-refractivity contribution is -0.139. The fraction of sp³-hybridized carbons (Fsp3) is 0.235. The van der Waals surface area contributed by atoms with Crippen molar-refractivity contribution in [3.8, 4) is 11.5 Å². The molecule has 0 fully saturated rings. The fourth-order valence-electron chi connectivity index (χ4n) is 2.38. The zero-order valence-corrected chi connectivity index (χ0v) is 11.7. The zero-order valence-electron chi connectivity index (χ0n) is 11.7. The number of carboxylic acid groups (broad SMARTS) is 1. The summed E-state index contributed by atoms with van der Waals surface area (Å²) in [6, 6.07) is 13.1. The minimum absolute atomic E-state index is 0.0421. The Morgan fingerprint density at radius 1 is 0.905 bits per heavy atom. The van der Waals surface area contributed by atoms with Crippen LogP contribution >= 0.6 is 0 Å². The van der Waals surface area contributed by atoms with E-state index in [-0.39, 0.29) is 17.4 Å². The second-order valence-corrected chi connectivity index (χ2v) is 5.21. The largest absolute Gasteiger partial charge is 0.508 e. The smallest absolute Gasteiger partial charge is 0.310 e. The molecular formula is C17H18O4. The molecule has 2 rings (SSSR count). The second-order valence-electron chi connectivity index (χ2n) is 5.21. The molecule has 2 unspecified atom stereocenters. The number of carbonyl (C=O) groups is 1. The Labute approximate surface area is 123 Å². The van der Waals surface area contributed by atoms with Gasteiger partial charge in [-0.1, -0.05) is 31.2 Å². The summed E-state index contributed by atoms with van der Waals surface area (Å²) in [5.74, 6) is -1.16. The minimum atomic E-state index is -0.883. The summed E-state index contributed by atoms with van der Waals surface area (Å²) < 4.78 is 0. The molecule has 0 aliphatic rings. The van der Waals surface area contributed by atoms with Crippen LogP contribution in [-0.2, 0) is 4.79 Å². The Kier molecular flexibility index (Phi) is 4.48. The first-order valence-electron chi connectivity index (χ1n) is 6.78. The van der Waals surface area contributed by atoms with Gasteiger partial charge in [0.25, 0.3) is 0 Å². The van der Waals surface area contributed by atoms with Crippen LogP contribution in [0.2, 0.25) is 0 Å². The van der Waals surface area contributed by atoms with Crippen molar-refractivity contribution in [1.29, 1.82) is 0 Å². The third kappa shape index (κ3) is 3.75. The van der Waals surface area contributed by atoms with Gasteiger partial charge in [-0.3, -0.25) is 4.79 Å². The SMILES string of the molecule is CC(CC(C(=O)O)c1ccc(O)cc1)c1ccc(O)cc1. The zero-order chi connectivity index (χ0) is 15.4. The molecule has 0 saturated heterocycles. The topological polar surface area (TPSA) is 77.8 Å². The first-order valence-corrected chi connectivity index (χ1v) is 6.78. The van der Waals surface area contributed by atoms with E-state index in [0.717, 1.165) is 5.56 Å². The summed E-state index contributed by atoms with van der Waals surface area (Å²) in [4.78, 5) is 11.5. The van der Waals surface area contributed by atoms with Gasteiger partial charge in [-0.05, 0) is 47.7 Å². The lowest BCUT2D eigenvalue weighted by atomic mass is 9.86.